The van der Waals surface area contributed by atoms with Crippen LogP contribution in [-0.2, 0) is 13.1 Å². The van der Waals surface area contributed by atoms with Crippen LogP contribution >= 0.6 is 0 Å². The van der Waals surface area contributed by atoms with E-state index < -0.39 is 0 Å². The van der Waals surface area contributed by atoms with Crippen LogP contribution in [0.3, 0.4) is 0 Å². The van der Waals surface area contributed by atoms with Gasteiger partial charge in [-0.15, -0.1) is 0 Å². The molecule has 26 heavy (non-hydrogen) atoms. The van der Waals surface area contributed by atoms with Crippen LogP contribution in [0.1, 0.15) is 17.0 Å². The third-order valence-corrected chi connectivity index (χ3v) is 4.30. The van der Waals surface area contributed by atoms with Crippen LogP contribution in [0.2, 0.25) is 0 Å². The first kappa shape index (κ1) is 17.9. The fraction of sp³-hybridized carbons (Fsp3) is 0.300. The number of hydrogen-bond donors (Lipinski definition) is 0. The number of nitrogens with zero attached hydrogens (tertiary/aromatic N) is 3. The topological polar surface area (TPSA) is 56.1 Å². The first-order valence-corrected chi connectivity index (χ1v) is 8.39. The summed E-state index contributed by atoms with van der Waals surface area (Å²) in [5, 5.41) is 0. The van der Waals surface area contributed by atoms with E-state index in [0.29, 0.717) is 18.7 Å². The molecule has 0 aliphatic carbocycles. The fourth-order valence-corrected chi connectivity index (χ4v) is 3.05. The quantitative estimate of drug-likeness (QED) is 0.682. The number of benzene rings is 1. The molecule has 136 valence electrons. The van der Waals surface area contributed by atoms with Crippen LogP contribution in [0.25, 0.3) is 5.65 Å². The van der Waals surface area contributed by atoms with Crippen molar-refractivity contribution in [3.05, 3.63) is 69.8 Å². The Morgan fingerprint density at radius 1 is 1.08 bits per heavy atom. The Balaban J connectivity index is 1.81. The van der Waals surface area contributed by atoms with E-state index in [0.717, 1.165) is 28.5 Å². The molecule has 3 rings (SSSR count). The van der Waals surface area contributed by atoms with Gasteiger partial charge in [0.25, 0.3) is 5.56 Å². The number of hydrogen-bond acceptors (Lipinski definition) is 5. The van der Waals surface area contributed by atoms with Gasteiger partial charge >= 0.3 is 0 Å². The SMILES string of the molecule is COc1ccc(CN(C)Cc2cc(=O)n3c(C)cccc3n2)c(OC)c1. The van der Waals surface area contributed by atoms with Gasteiger partial charge in [-0.3, -0.25) is 14.1 Å². The molecule has 0 saturated carbocycles. The van der Waals surface area contributed by atoms with Gasteiger partial charge in [0.1, 0.15) is 17.1 Å². The molecule has 0 N–H and O–H groups in total. The molecule has 0 fully saturated rings. The summed E-state index contributed by atoms with van der Waals surface area (Å²) in [6.45, 7) is 3.13. The van der Waals surface area contributed by atoms with Crippen LogP contribution in [0, 0.1) is 6.92 Å². The van der Waals surface area contributed by atoms with Crippen molar-refractivity contribution >= 4 is 5.65 Å². The van der Waals surface area contributed by atoms with Crippen molar-refractivity contribution in [2.75, 3.05) is 21.3 Å². The van der Waals surface area contributed by atoms with Crippen LogP contribution in [-0.4, -0.2) is 35.6 Å². The summed E-state index contributed by atoms with van der Waals surface area (Å²) >= 11 is 0. The van der Waals surface area contributed by atoms with Gasteiger partial charge in [0.05, 0.1) is 19.9 Å². The van der Waals surface area contributed by atoms with Gasteiger partial charge < -0.3 is 9.47 Å². The van der Waals surface area contributed by atoms with Crippen molar-refractivity contribution in [3.63, 3.8) is 0 Å². The Morgan fingerprint density at radius 2 is 1.88 bits per heavy atom. The zero-order valence-electron chi connectivity index (χ0n) is 15.5. The Labute approximate surface area is 152 Å². The zero-order chi connectivity index (χ0) is 18.7. The number of rotatable bonds is 6. The molecule has 0 spiro atoms. The Morgan fingerprint density at radius 3 is 2.62 bits per heavy atom. The number of aromatic nitrogens is 2. The van der Waals surface area contributed by atoms with Gasteiger partial charge in [-0.05, 0) is 32.2 Å². The maximum Gasteiger partial charge on any atom is 0.258 e. The number of pyridine rings is 1. The molecule has 3 aromatic rings. The van der Waals surface area contributed by atoms with E-state index in [1.54, 1.807) is 24.7 Å². The Hall–Kier alpha value is -2.86. The van der Waals surface area contributed by atoms with Crippen molar-refractivity contribution in [3.8, 4) is 11.5 Å². The predicted molar refractivity (Wildman–Crippen MR) is 101 cm³/mol. The van der Waals surface area contributed by atoms with Gasteiger partial charge in [0, 0.05) is 36.5 Å². The molecular formula is C20H23N3O3. The highest BCUT2D eigenvalue weighted by Crippen LogP contribution is 2.25. The predicted octanol–water partition coefficient (Wildman–Crippen LogP) is 2.65. The van der Waals surface area contributed by atoms with Crippen molar-refractivity contribution in [2.45, 2.75) is 20.0 Å². The van der Waals surface area contributed by atoms with Gasteiger partial charge in [-0.2, -0.15) is 0 Å². The lowest BCUT2D eigenvalue weighted by atomic mass is 10.1. The summed E-state index contributed by atoms with van der Waals surface area (Å²) in [5.41, 5.74) is 3.28. The maximum atomic E-state index is 12.4. The summed E-state index contributed by atoms with van der Waals surface area (Å²) in [5.74, 6) is 1.53. The summed E-state index contributed by atoms with van der Waals surface area (Å²) in [4.78, 5) is 19.1. The monoisotopic (exact) mass is 353 g/mol. The minimum atomic E-state index is -0.0569. The first-order chi connectivity index (χ1) is 12.5. The maximum absolute atomic E-state index is 12.4. The van der Waals surface area contributed by atoms with E-state index in [1.165, 1.54) is 0 Å². The highest BCUT2D eigenvalue weighted by atomic mass is 16.5. The molecule has 2 aromatic heterocycles. The molecule has 0 aliphatic rings. The van der Waals surface area contributed by atoms with Crippen molar-refractivity contribution in [1.29, 1.82) is 0 Å². The molecule has 2 heterocycles. The lowest BCUT2D eigenvalue weighted by Crippen LogP contribution is -2.22. The lowest BCUT2D eigenvalue weighted by Gasteiger charge is -2.19. The van der Waals surface area contributed by atoms with Crippen LogP contribution < -0.4 is 15.0 Å². The van der Waals surface area contributed by atoms with Gasteiger partial charge in [-0.1, -0.05) is 12.1 Å². The smallest absolute Gasteiger partial charge is 0.258 e. The Kier molecular flexibility index (Phi) is 5.23. The minimum Gasteiger partial charge on any atom is -0.497 e. The summed E-state index contributed by atoms with van der Waals surface area (Å²) in [6, 6.07) is 13.0. The molecular weight excluding hydrogens is 330 g/mol. The highest BCUT2D eigenvalue weighted by molar-refractivity contribution is 5.41. The summed E-state index contributed by atoms with van der Waals surface area (Å²) < 4.78 is 12.3. The highest BCUT2D eigenvalue weighted by Gasteiger charge is 2.11. The molecule has 0 radical (unpaired) electrons. The molecule has 0 bridgehead atoms. The molecule has 6 nitrogen and oxygen atoms in total. The molecule has 0 aliphatic heterocycles. The van der Waals surface area contributed by atoms with E-state index in [-0.39, 0.29) is 5.56 Å². The van der Waals surface area contributed by atoms with E-state index in [1.807, 2.05) is 50.4 Å². The number of aryl methyl sites for hydroxylation is 1. The second-order valence-corrected chi connectivity index (χ2v) is 6.30. The zero-order valence-corrected chi connectivity index (χ0v) is 15.5. The van der Waals surface area contributed by atoms with Crippen LogP contribution in [0.15, 0.2) is 47.3 Å². The fourth-order valence-electron chi connectivity index (χ4n) is 3.05. The van der Waals surface area contributed by atoms with Crippen LogP contribution in [0.5, 0.6) is 11.5 Å². The van der Waals surface area contributed by atoms with Gasteiger partial charge in [-0.25, -0.2) is 4.98 Å². The normalized spacial score (nSPS) is 11.1. The van der Waals surface area contributed by atoms with Crippen molar-refractivity contribution < 1.29 is 9.47 Å². The minimum absolute atomic E-state index is 0.0569. The molecule has 0 saturated heterocycles. The van der Waals surface area contributed by atoms with E-state index in [9.17, 15) is 4.79 Å². The molecule has 6 heteroatoms. The Bertz CT molecular complexity index is 982. The average molecular weight is 353 g/mol. The standard InChI is InChI=1S/C20H23N3O3/c1-14-6-5-7-19-21-16(10-20(24)23(14)19)13-22(2)12-15-8-9-17(25-3)11-18(15)26-4/h5-11H,12-13H2,1-4H3. The molecule has 0 unspecified atom stereocenters. The number of methoxy groups -OCH3 is 2. The third kappa shape index (κ3) is 3.70. The average Bonchev–Trinajstić information content (AvgIpc) is 2.61. The van der Waals surface area contributed by atoms with E-state index in [2.05, 4.69) is 9.88 Å². The number of fused-ring (bicyclic) bond motifs is 1. The molecule has 1 aromatic carbocycles. The van der Waals surface area contributed by atoms with Crippen molar-refractivity contribution in [2.24, 2.45) is 0 Å². The first-order valence-electron chi connectivity index (χ1n) is 8.39. The number of ether oxygens (including phenoxy) is 2. The molecule has 0 amide bonds. The van der Waals surface area contributed by atoms with Gasteiger partial charge in [0.15, 0.2) is 0 Å². The second-order valence-electron chi connectivity index (χ2n) is 6.30. The molecule has 0 atom stereocenters. The second kappa shape index (κ2) is 7.58. The lowest BCUT2D eigenvalue weighted by molar-refractivity contribution is 0.305. The largest absolute Gasteiger partial charge is 0.497 e. The van der Waals surface area contributed by atoms with E-state index in [4.69, 9.17) is 9.47 Å². The third-order valence-electron chi connectivity index (χ3n) is 4.30. The van der Waals surface area contributed by atoms with Gasteiger partial charge in [0.2, 0.25) is 0 Å². The summed E-state index contributed by atoms with van der Waals surface area (Å²) in [7, 11) is 5.27. The van der Waals surface area contributed by atoms with Crippen LogP contribution in [0.4, 0.5) is 0 Å². The van der Waals surface area contributed by atoms with E-state index >= 15 is 0 Å². The summed E-state index contributed by atoms with van der Waals surface area (Å²) in [6.07, 6.45) is 0. The van der Waals surface area contributed by atoms with Crippen molar-refractivity contribution in [1.82, 2.24) is 14.3 Å².